The molecule has 0 radical (unpaired) electrons. The molecule has 4 heteroatoms. The van der Waals surface area contributed by atoms with Crippen LogP contribution in [0.4, 0.5) is 0 Å². The van der Waals surface area contributed by atoms with Crippen molar-refractivity contribution in [2.45, 2.75) is 65.2 Å². The highest BCUT2D eigenvalue weighted by molar-refractivity contribution is 5.78. The largest absolute Gasteiger partial charge is 0.481 e. The number of nitrogens with zero attached hydrogens (tertiary/aromatic N) is 1. The van der Waals surface area contributed by atoms with E-state index in [4.69, 9.17) is 5.11 Å². The maximum Gasteiger partial charge on any atom is 0.308 e. The molecule has 0 aromatic heterocycles. The first-order chi connectivity index (χ1) is 9.56. The fraction of sp³-hybridized carbons (Fsp3) is 0.875. The molecule has 1 aliphatic rings. The third-order valence-electron chi connectivity index (χ3n) is 4.28. The first-order valence-electron chi connectivity index (χ1n) is 8.06. The lowest BCUT2D eigenvalue weighted by atomic mass is 9.99. The zero-order chi connectivity index (χ0) is 15.0. The lowest BCUT2D eigenvalue weighted by molar-refractivity contribution is -0.142. The highest BCUT2D eigenvalue weighted by Gasteiger charge is 2.36. The van der Waals surface area contributed by atoms with E-state index >= 15 is 0 Å². The van der Waals surface area contributed by atoms with Crippen molar-refractivity contribution >= 4 is 11.9 Å². The molecule has 1 heterocycles. The molecule has 1 fully saturated rings. The first-order valence-corrected chi connectivity index (χ1v) is 8.06. The van der Waals surface area contributed by atoms with Crippen LogP contribution in [-0.2, 0) is 9.59 Å². The lowest BCUT2D eigenvalue weighted by Crippen LogP contribution is -2.29. The van der Waals surface area contributed by atoms with E-state index in [-0.39, 0.29) is 17.7 Å². The molecule has 0 unspecified atom stereocenters. The van der Waals surface area contributed by atoms with Crippen molar-refractivity contribution in [3.8, 4) is 0 Å². The molecule has 0 spiro atoms. The smallest absolute Gasteiger partial charge is 0.308 e. The van der Waals surface area contributed by atoms with Gasteiger partial charge in [0, 0.05) is 19.5 Å². The van der Waals surface area contributed by atoms with Crippen LogP contribution in [0.25, 0.3) is 0 Å². The maximum atomic E-state index is 12.0. The van der Waals surface area contributed by atoms with Gasteiger partial charge in [-0.05, 0) is 12.3 Å². The SMILES string of the molecule is CCCCCCCCCC(=O)N1C[C@@H](C)[C@H](C(=O)O)C1. The number of carboxylic acids is 1. The fourth-order valence-electron chi connectivity index (χ4n) is 2.88. The summed E-state index contributed by atoms with van der Waals surface area (Å²) in [6, 6.07) is 0. The van der Waals surface area contributed by atoms with Gasteiger partial charge in [-0.1, -0.05) is 52.4 Å². The van der Waals surface area contributed by atoms with Crippen molar-refractivity contribution < 1.29 is 14.7 Å². The molecule has 116 valence electrons. The molecule has 0 aliphatic carbocycles. The number of likely N-dealkylation sites (tertiary alicyclic amines) is 1. The zero-order valence-electron chi connectivity index (χ0n) is 12.9. The number of carboxylic acid groups (broad SMARTS) is 1. The van der Waals surface area contributed by atoms with E-state index in [2.05, 4.69) is 6.92 Å². The van der Waals surface area contributed by atoms with E-state index in [1.54, 1.807) is 4.90 Å². The molecule has 0 saturated carbocycles. The Morgan fingerprint density at radius 1 is 1.05 bits per heavy atom. The molecule has 2 atom stereocenters. The zero-order valence-corrected chi connectivity index (χ0v) is 12.9. The molecular formula is C16H29NO3. The van der Waals surface area contributed by atoms with E-state index in [0.717, 1.165) is 12.8 Å². The van der Waals surface area contributed by atoms with E-state index < -0.39 is 5.97 Å². The third kappa shape index (κ3) is 5.51. The summed E-state index contributed by atoms with van der Waals surface area (Å²) in [7, 11) is 0. The highest BCUT2D eigenvalue weighted by Crippen LogP contribution is 2.24. The Hall–Kier alpha value is -1.06. The summed E-state index contributed by atoms with van der Waals surface area (Å²) in [6.45, 7) is 5.12. The molecule has 1 rings (SSSR count). The molecule has 1 amide bonds. The Bertz CT molecular complexity index is 317. The minimum Gasteiger partial charge on any atom is -0.481 e. The maximum absolute atomic E-state index is 12.0. The van der Waals surface area contributed by atoms with Crippen LogP contribution in [0.1, 0.15) is 65.2 Å². The molecular weight excluding hydrogens is 254 g/mol. The minimum absolute atomic E-state index is 0.0745. The Morgan fingerprint density at radius 3 is 2.20 bits per heavy atom. The predicted molar refractivity (Wildman–Crippen MR) is 79.5 cm³/mol. The van der Waals surface area contributed by atoms with Crippen molar-refractivity contribution in [3.05, 3.63) is 0 Å². The van der Waals surface area contributed by atoms with Gasteiger partial charge in [-0.15, -0.1) is 0 Å². The van der Waals surface area contributed by atoms with E-state index in [1.807, 2.05) is 6.92 Å². The number of unbranched alkanes of at least 4 members (excludes halogenated alkanes) is 6. The standard InChI is InChI=1S/C16H29NO3/c1-3-4-5-6-7-8-9-10-15(18)17-11-13(2)14(12-17)16(19)20/h13-14H,3-12H2,1-2H3,(H,19,20)/t13-,14-/m1/s1. The summed E-state index contributed by atoms with van der Waals surface area (Å²) < 4.78 is 0. The second kappa shape index (κ2) is 8.98. The van der Waals surface area contributed by atoms with Crippen LogP contribution in [0.5, 0.6) is 0 Å². The van der Waals surface area contributed by atoms with Gasteiger partial charge in [-0.3, -0.25) is 9.59 Å². The van der Waals surface area contributed by atoms with Gasteiger partial charge in [-0.25, -0.2) is 0 Å². The first kappa shape index (κ1) is 17.0. The van der Waals surface area contributed by atoms with Crippen molar-refractivity contribution in [2.75, 3.05) is 13.1 Å². The average Bonchev–Trinajstić information content (AvgIpc) is 2.80. The highest BCUT2D eigenvalue weighted by atomic mass is 16.4. The van der Waals surface area contributed by atoms with E-state index in [0.29, 0.717) is 19.5 Å². The summed E-state index contributed by atoms with van der Waals surface area (Å²) in [5, 5.41) is 9.06. The van der Waals surface area contributed by atoms with Crippen molar-refractivity contribution in [3.63, 3.8) is 0 Å². The predicted octanol–water partition coefficient (Wildman–Crippen LogP) is 3.31. The van der Waals surface area contributed by atoms with Gasteiger partial charge >= 0.3 is 5.97 Å². The number of aliphatic carboxylic acids is 1. The van der Waals surface area contributed by atoms with E-state index in [9.17, 15) is 9.59 Å². The molecule has 20 heavy (non-hydrogen) atoms. The van der Waals surface area contributed by atoms with Crippen LogP contribution in [-0.4, -0.2) is 35.0 Å². The normalized spacial score (nSPS) is 22.2. The second-order valence-electron chi connectivity index (χ2n) is 6.09. The molecule has 4 nitrogen and oxygen atoms in total. The number of carbonyl (C=O) groups excluding carboxylic acids is 1. The van der Waals surface area contributed by atoms with Gasteiger partial charge in [-0.2, -0.15) is 0 Å². The number of hydrogen-bond acceptors (Lipinski definition) is 2. The van der Waals surface area contributed by atoms with Crippen LogP contribution in [0.15, 0.2) is 0 Å². The molecule has 1 N–H and O–H groups in total. The molecule has 1 saturated heterocycles. The van der Waals surface area contributed by atoms with Gasteiger partial charge in [0.05, 0.1) is 5.92 Å². The topological polar surface area (TPSA) is 57.6 Å². The van der Waals surface area contributed by atoms with Crippen LogP contribution >= 0.6 is 0 Å². The van der Waals surface area contributed by atoms with Gasteiger partial charge in [0.1, 0.15) is 0 Å². The van der Waals surface area contributed by atoms with Crippen molar-refractivity contribution in [2.24, 2.45) is 11.8 Å². The number of amides is 1. The summed E-state index contributed by atoms with van der Waals surface area (Å²) in [6.07, 6.45) is 8.97. The number of hydrogen-bond donors (Lipinski definition) is 1. The Morgan fingerprint density at radius 2 is 1.65 bits per heavy atom. The molecule has 0 bridgehead atoms. The van der Waals surface area contributed by atoms with Crippen LogP contribution < -0.4 is 0 Å². The minimum atomic E-state index is -0.774. The van der Waals surface area contributed by atoms with Crippen LogP contribution in [0, 0.1) is 11.8 Å². The number of carbonyl (C=O) groups is 2. The third-order valence-corrected chi connectivity index (χ3v) is 4.28. The van der Waals surface area contributed by atoms with Gasteiger partial charge in [0.15, 0.2) is 0 Å². The Balaban J connectivity index is 2.13. The van der Waals surface area contributed by atoms with Crippen LogP contribution in [0.3, 0.4) is 0 Å². The lowest BCUT2D eigenvalue weighted by Gasteiger charge is -2.15. The van der Waals surface area contributed by atoms with E-state index in [1.165, 1.54) is 32.1 Å². The summed E-state index contributed by atoms with van der Waals surface area (Å²) >= 11 is 0. The summed E-state index contributed by atoms with van der Waals surface area (Å²) in [4.78, 5) is 24.8. The molecule has 0 aromatic rings. The molecule has 1 aliphatic heterocycles. The Labute approximate surface area is 122 Å². The quantitative estimate of drug-likeness (QED) is 0.660. The summed E-state index contributed by atoms with van der Waals surface area (Å²) in [5.74, 6) is -0.948. The average molecular weight is 283 g/mol. The number of rotatable bonds is 9. The molecule has 0 aromatic carbocycles. The van der Waals surface area contributed by atoms with Gasteiger partial charge < -0.3 is 10.0 Å². The fourth-order valence-corrected chi connectivity index (χ4v) is 2.88. The summed E-state index contributed by atoms with van der Waals surface area (Å²) in [5.41, 5.74) is 0. The van der Waals surface area contributed by atoms with Crippen molar-refractivity contribution in [1.29, 1.82) is 0 Å². The second-order valence-corrected chi connectivity index (χ2v) is 6.09. The van der Waals surface area contributed by atoms with Gasteiger partial charge in [0.2, 0.25) is 5.91 Å². The monoisotopic (exact) mass is 283 g/mol. The van der Waals surface area contributed by atoms with Gasteiger partial charge in [0.25, 0.3) is 0 Å². The van der Waals surface area contributed by atoms with Crippen LogP contribution in [0.2, 0.25) is 0 Å². The Kier molecular flexibility index (Phi) is 7.63. The van der Waals surface area contributed by atoms with Crippen molar-refractivity contribution in [1.82, 2.24) is 4.90 Å².